The molecule has 0 aliphatic rings. The Labute approximate surface area is 60.1 Å². The van der Waals surface area contributed by atoms with Crippen LogP contribution in [0, 0.1) is 9.52 Å². The Balaban J connectivity index is 3.03. The molecule has 0 saturated heterocycles. The van der Waals surface area contributed by atoms with Gasteiger partial charge in [-0.3, -0.25) is 0 Å². The average Bonchev–Trinajstić information content (AvgIpc) is 1.77. The zero-order valence-electron chi connectivity index (χ0n) is 3.94. The number of hydrogen-bond acceptors (Lipinski definition) is 1. The maximum absolute atomic E-state index is 12.0. The molecule has 1 nitrogen and oxygen atoms in total. The minimum atomic E-state index is -0.287. The van der Waals surface area contributed by atoms with E-state index in [4.69, 9.17) is 0 Å². The molecule has 1 aromatic rings. The van der Waals surface area contributed by atoms with Crippen LogP contribution in [0.4, 0.5) is 4.39 Å². The first-order valence-corrected chi connectivity index (χ1v) is 3.14. The third-order valence-corrected chi connectivity index (χ3v) is 1.33. The highest BCUT2D eigenvalue weighted by atomic mass is 127. The lowest BCUT2D eigenvalue weighted by molar-refractivity contribution is 0.620. The van der Waals surface area contributed by atoms with Crippen molar-refractivity contribution in [1.82, 2.24) is 4.98 Å². The average molecular weight is 223 g/mol. The summed E-state index contributed by atoms with van der Waals surface area (Å²) in [7, 11) is 0. The zero-order chi connectivity index (χ0) is 5.98. The van der Waals surface area contributed by atoms with Crippen LogP contribution in [0.3, 0.4) is 0 Å². The summed E-state index contributed by atoms with van der Waals surface area (Å²) in [4.78, 5) is 3.69. The van der Waals surface area contributed by atoms with Gasteiger partial charge in [-0.2, -0.15) is 0 Å². The topological polar surface area (TPSA) is 12.9 Å². The van der Waals surface area contributed by atoms with E-state index in [1.807, 2.05) is 22.6 Å². The Morgan fingerprint density at radius 3 is 2.62 bits per heavy atom. The van der Waals surface area contributed by atoms with Crippen molar-refractivity contribution in [2.75, 3.05) is 0 Å². The summed E-state index contributed by atoms with van der Waals surface area (Å²) < 4.78 is 12.8. The fourth-order valence-electron chi connectivity index (χ4n) is 0.358. The Kier molecular flexibility index (Phi) is 1.77. The fraction of sp³-hybridized carbons (Fsp3) is 0. The van der Waals surface area contributed by atoms with Crippen molar-refractivity contribution in [3.8, 4) is 0 Å². The van der Waals surface area contributed by atoms with Gasteiger partial charge in [0.2, 0.25) is 0 Å². The number of rotatable bonds is 0. The highest BCUT2D eigenvalue weighted by Gasteiger charge is 1.86. The van der Waals surface area contributed by atoms with Crippen LogP contribution >= 0.6 is 22.6 Å². The highest BCUT2D eigenvalue weighted by Crippen LogP contribution is 1.99. The zero-order valence-corrected chi connectivity index (χ0v) is 6.09. The van der Waals surface area contributed by atoms with E-state index >= 15 is 0 Å². The molecule has 0 bridgehead atoms. The number of halogens is 2. The Bertz CT molecular complexity index is 151. The molecule has 0 fully saturated rings. The second kappa shape index (κ2) is 2.39. The smallest absolute Gasteiger partial charge is 0.141 e. The van der Waals surface area contributed by atoms with Crippen LogP contribution in [0.2, 0.25) is 0 Å². The summed E-state index contributed by atoms with van der Waals surface area (Å²) in [5.74, 6) is -0.287. The summed E-state index contributed by atoms with van der Waals surface area (Å²) in [6.07, 6.45) is 1.20. The van der Waals surface area contributed by atoms with Crippen LogP contribution in [-0.4, -0.2) is 4.98 Å². The molecule has 1 rings (SSSR count). The van der Waals surface area contributed by atoms with Crippen LogP contribution in [0.25, 0.3) is 0 Å². The minimum absolute atomic E-state index is 0.287. The largest absolute Gasteiger partial charge is 0.247 e. The molecule has 0 unspecified atom stereocenters. The van der Waals surface area contributed by atoms with Gasteiger partial charge in [0.05, 0.1) is 6.20 Å². The Morgan fingerprint density at radius 2 is 2.25 bits per heavy atom. The Morgan fingerprint density at radius 1 is 1.50 bits per heavy atom. The molecule has 0 amide bonds. The maximum Gasteiger partial charge on any atom is 0.141 e. The quantitative estimate of drug-likeness (QED) is 0.482. The summed E-state index contributed by atoms with van der Waals surface area (Å²) in [6, 6.07) is 3.00. The van der Waals surface area contributed by atoms with E-state index < -0.39 is 0 Å². The monoisotopic (exact) mass is 223 g/mol. The summed E-state index contributed by atoms with van der Waals surface area (Å²) >= 11 is 2.02. The first-order valence-electron chi connectivity index (χ1n) is 2.06. The molecule has 3 heteroatoms. The molecule has 1 aromatic heterocycles. The van der Waals surface area contributed by atoms with Gasteiger partial charge in [0.1, 0.15) is 9.52 Å². The van der Waals surface area contributed by atoms with Crippen molar-refractivity contribution in [2.24, 2.45) is 0 Å². The number of hydrogen-bond donors (Lipinski definition) is 0. The third-order valence-electron chi connectivity index (χ3n) is 0.691. The predicted octanol–water partition coefficient (Wildman–Crippen LogP) is 1.83. The van der Waals surface area contributed by atoms with Crippen molar-refractivity contribution in [3.63, 3.8) is 0 Å². The predicted molar refractivity (Wildman–Crippen MR) is 36.9 cm³/mol. The van der Waals surface area contributed by atoms with Gasteiger partial charge in [0, 0.05) is 0 Å². The highest BCUT2D eigenvalue weighted by molar-refractivity contribution is 14.1. The summed E-state index contributed by atoms with van der Waals surface area (Å²) in [6.45, 7) is 0. The molecule has 0 aromatic carbocycles. The van der Waals surface area contributed by atoms with E-state index in [1.165, 1.54) is 12.3 Å². The van der Waals surface area contributed by atoms with Gasteiger partial charge in [-0.25, -0.2) is 9.37 Å². The molecule has 1 heterocycles. The molecule has 0 aliphatic carbocycles. The van der Waals surface area contributed by atoms with Crippen LogP contribution in [0.5, 0.6) is 0 Å². The van der Waals surface area contributed by atoms with Crippen LogP contribution in [-0.2, 0) is 0 Å². The lowest BCUT2D eigenvalue weighted by Gasteiger charge is -1.84. The molecule has 0 atom stereocenters. The van der Waals surface area contributed by atoms with Crippen LogP contribution in [0.15, 0.2) is 18.3 Å². The standard InChI is InChI=1S/C5H3FIN/c6-4-1-2-5(7)8-3-4/h1-3H. The van der Waals surface area contributed by atoms with E-state index in [-0.39, 0.29) is 5.82 Å². The van der Waals surface area contributed by atoms with Gasteiger partial charge in [0.15, 0.2) is 0 Å². The third kappa shape index (κ3) is 1.40. The van der Waals surface area contributed by atoms with Crippen molar-refractivity contribution < 1.29 is 4.39 Å². The van der Waals surface area contributed by atoms with Gasteiger partial charge >= 0.3 is 0 Å². The summed E-state index contributed by atoms with van der Waals surface area (Å²) in [5, 5.41) is 0. The Hall–Kier alpha value is -0.190. The first kappa shape index (κ1) is 5.94. The van der Waals surface area contributed by atoms with Crippen molar-refractivity contribution in [1.29, 1.82) is 0 Å². The maximum atomic E-state index is 12.0. The molecule has 0 saturated carbocycles. The van der Waals surface area contributed by atoms with Gasteiger partial charge < -0.3 is 0 Å². The van der Waals surface area contributed by atoms with Gasteiger partial charge in [-0.1, -0.05) is 0 Å². The lowest BCUT2D eigenvalue weighted by Crippen LogP contribution is -1.78. The molecule has 8 heavy (non-hydrogen) atoms. The molecule has 0 spiro atoms. The molecule has 42 valence electrons. The number of aromatic nitrogens is 1. The van der Waals surface area contributed by atoms with E-state index in [1.54, 1.807) is 6.07 Å². The van der Waals surface area contributed by atoms with Crippen molar-refractivity contribution in [3.05, 3.63) is 27.8 Å². The van der Waals surface area contributed by atoms with E-state index in [0.29, 0.717) is 0 Å². The fourth-order valence-corrected chi connectivity index (χ4v) is 0.677. The SMILES string of the molecule is Fc1ccc(I)nc1. The normalized spacial score (nSPS) is 9.25. The first-order chi connectivity index (χ1) is 3.79. The van der Waals surface area contributed by atoms with E-state index in [9.17, 15) is 4.39 Å². The molecule has 0 radical (unpaired) electrons. The molecule has 0 N–H and O–H groups in total. The van der Waals surface area contributed by atoms with Crippen molar-refractivity contribution >= 4 is 22.6 Å². The molecular formula is C5H3FIN. The van der Waals surface area contributed by atoms with Gasteiger partial charge in [-0.15, -0.1) is 0 Å². The molecular weight excluding hydrogens is 220 g/mol. The second-order valence-corrected chi connectivity index (χ2v) is 2.40. The lowest BCUT2D eigenvalue weighted by atomic mass is 10.5. The molecule has 0 aliphatic heterocycles. The number of pyridine rings is 1. The van der Waals surface area contributed by atoms with Crippen LogP contribution < -0.4 is 0 Å². The number of nitrogens with zero attached hydrogens (tertiary/aromatic N) is 1. The van der Waals surface area contributed by atoms with Gasteiger partial charge in [-0.05, 0) is 34.7 Å². The van der Waals surface area contributed by atoms with Crippen LogP contribution in [0.1, 0.15) is 0 Å². The minimum Gasteiger partial charge on any atom is -0.247 e. The summed E-state index contributed by atoms with van der Waals surface area (Å²) in [5.41, 5.74) is 0. The second-order valence-electron chi connectivity index (χ2n) is 1.30. The van der Waals surface area contributed by atoms with E-state index in [2.05, 4.69) is 4.98 Å². The van der Waals surface area contributed by atoms with E-state index in [0.717, 1.165) is 3.70 Å². The van der Waals surface area contributed by atoms with Gasteiger partial charge in [0.25, 0.3) is 0 Å². The van der Waals surface area contributed by atoms with Crippen molar-refractivity contribution in [2.45, 2.75) is 0 Å².